The van der Waals surface area contributed by atoms with Crippen molar-refractivity contribution in [3.8, 4) is 0 Å². The first kappa shape index (κ1) is 19.9. The minimum absolute atomic E-state index is 0.768. The number of rotatable bonds is 6. The average molecular weight is 393 g/mol. The molecule has 0 atom stereocenters. The third-order valence-corrected chi connectivity index (χ3v) is 5.91. The third kappa shape index (κ3) is 5.37. The van der Waals surface area contributed by atoms with Gasteiger partial charge < -0.3 is 15.4 Å². The normalized spacial score (nSPS) is 17.2. The second-order valence-electron chi connectivity index (χ2n) is 7.89. The molecule has 1 heterocycles. The number of fused-ring (bicyclic) bond motifs is 1. The van der Waals surface area contributed by atoms with Gasteiger partial charge in [-0.25, -0.2) is 0 Å². The summed E-state index contributed by atoms with van der Waals surface area (Å²) in [6.07, 6.45) is 3.74. The van der Waals surface area contributed by atoms with Crippen LogP contribution in [0.5, 0.6) is 0 Å². The van der Waals surface area contributed by atoms with Crippen LogP contribution in [0.25, 0.3) is 0 Å². The minimum atomic E-state index is 0.768. The standard InChI is InChI=1S/C24H32N4O/c1-25-24(26-16-19-9-10-20-7-4-8-21(20)15-19)27-17-22-5-2-3-6-23(22)18-28-11-13-29-14-12-28/h2-3,5-6,9-10,15H,4,7-8,11-14,16-18H2,1H3,(H2,25,26,27). The number of hydrogen-bond acceptors (Lipinski definition) is 3. The van der Waals surface area contributed by atoms with Crippen LogP contribution < -0.4 is 10.6 Å². The molecule has 4 rings (SSSR count). The number of benzene rings is 2. The van der Waals surface area contributed by atoms with Gasteiger partial charge in [-0.2, -0.15) is 0 Å². The summed E-state index contributed by atoms with van der Waals surface area (Å²) in [5.74, 6) is 0.840. The smallest absolute Gasteiger partial charge is 0.191 e. The number of morpholine rings is 1. The molecular formula is C24H32N4O. The van der Waals surface area contributed by atoms with E-state index in [-0.39, 0.29) is 0 Å². The van der Waals surface area contributed by atoms with Gasteiger partial charge in [0.15, 0.2) is 5.96 Å². The number of aliphatic imine (C=N–C) groups is 1. The number of hydrogen-bond donors (Lipinski definition) is 2. The lowest BCUT2D eigenvalue weighted by Crippen LogP contribution is -2.37. The largest absolute Gasteiger partial charge is 0.379 e. The summed E-state index contributed by atoms with van der Waals surface area (Å²) in [5.41, 5.74) is 7.05. The Hall–Kier alpha value is -2.37. The molecule has 29 heavy (non-hydrogen) atoms. The van der Waals surface area contributed by atoms with E-state index in [9.17, 15) is 0 Å². The molecule has 0 saturated carbocycles. The van der Waals surface area contributed by atoms with Crippen molar-refractivity contribution in [1.82, 2.24) is 15.5 Å². The molecule has 2 aliphatic rings. The second-order valence-corrected chi connectivity index (χ2v) is 7.89. The highest BCUT2D eigenvalue weighted by molar-refractivity contribution is 5.79. The molecule has 2 aromatic rings. The molecule has 1 aliphatic carbocycles. The van der Waals surface area contributed by atoms with E-state index >= 15 is 0 Å². The van der Waals surface area contributed by atoms with Crippen LogP contribution in [0.3, 0.4) is 0 Å². The van der Waals surface area contributed by atoms with Crippen LogP contribution in [0, 0.1) is 0 Å². The number of aryl methyl sites for hydroxylation is 2. The van der Waals surface area contributed by atoms with Gasteiger partial charge >= 0.3 is 0 Å². The molecule has 154 valence electrons. The van der Waals surface area contributed by atoms with Crippen LogP contribution in [-0.2, 0) is 37.2 Å². The summed E-state index contributed by atoms with van der Waals surface area (Å²) in [6.45, 7) is 6.21. The molecule has 0 unspecified atom stereocenters. The Morgan fingerprint density at radius 3 is 2.55 bits per heavy atom. The maximum absolute atomic E-state index is 5.47. The SMILES string of the molecule is CN=C(NCc1ccc2c(c1)CCC2)NCc1ccccc1CN1CCOCC1. The fraction of sp³-hybridized carbons (Fsp3) is 0.458. The lowest BCUT2D eigenvalue weighted by Gasteiger charge is -2.27. The van der Waals surface area contributed by atoms with Crippen LogP contribution in [-0.4, -0.2) is 44.2 Å². The van der Waals surface area contributed by atoms with E-state index < -0.39 is 0 Å². The van der Waals surface area contributed by atoms with E-state index in [4.69, 9.17) is 4.74 Å². The van der Waals surface area contributed by atoms with E-state index in [1.165, 1.54) is 47.1 Å². The van der Waals surface area contributed by atoms with E-state index in [1.807, 2.05) is 7.05 Å². The molecular weight excluding hydrogens is 360 g/mol. The number of guanidine groups is 1. The summed E-state index contributed by atoms with van der Waals surface area (Å²) in [5, 5.41) is 6.94. The zero-order valence-electron chi connectivity index (χ0n) is 17.4. The lowest BCUT2D eigenvalue weighted by molar-refractivity contribution is 0.0341. The van der Waals surface area contributed by atoms with Crippen molar-refractivity contribution >= 4 is 5.96 Å². The first-order chi connectivity index (χ1) is 14.3. The summed E-state index contributed by atoms with van der Waals surface area (Å²) in [6, 6.07) is 15.5. The minimum Gasteiger partial charge on any atom is -0.379 e. The molecule has 5 nitrogen and oxygen atoms in total. The van der Waals surface area contributed by atoms with Crippen LogP contribution >= 0.6 is 0 Å². The molecule has 0 radical (unpaired) electrons. The number of nitrogens with zero attached hydrogens (tertiary/aromatic N) is 2. The van der Waals surface area contributed by atoms with E-state index in [0.29, 0.717) is 0 Å². The fourth-order valence-electron chi connectivity index (χ4n) is 4.20. The zero-order valence-corrected chi connectivity index (χ0v) is 17.4. The van der Waals surface area contributed by atoms with Crippen LogP contribution in [0.15, 0.2) is 47.5 Å². The highest BCUT2D eigenvalue weighted by atomic mass is 16.5. The predicted molar refractivity (Wildman–Crippen MR) is 118 cm³/mol. The number of nitrogens with one attached hydrogen (secondary N) is 2. The summed E-state index contributed by atoms with van der Waals surface area (Å²) in [7, 11) is 1.83. The Bertz CT molecular complexity index is 843. The highest BCUT2D eigenvalue weighted by Crippen LogP contribution is 2.22. The van der Waals surface area contributed by atoms with Gasteiger partial charge in [-0.1, -0.05) is 42.5 Å². The van der Waals surface area contributed by atoms with Crippen molar-refractivity contribution in [2.45, 2.75) is 38.9 Å². The lowest BCUT2D eigenvalue weighted by atomic mass is 10.1. The van der Waals surface area contributed by atoms with Crippen LogP contribution in [0.1, 0.15) is 34.2 Å². The first-order valence-electron chi connectivity index (χ1n) is 10.7. The predicted octanol–water partition coefficient (Wildman–Crippen LogP) is 2.87. The van der Waals surface area contributed by atoms with E-state index in [2.05, 4.69) is 63.0 Å². The van der Waals surface area contributed by atoms with Gasteiger partial charge in [0.1, 0.15) is 0 Å². The zero-order chi connectivity index (χ0) is 19.9. The van der Waals surface area contributed by atoms with Gasteiger partial charge in [-0.05, 0) is 47.1 Å². The van der Waals surface area contributed by atoms with Gasteiger partial charge in [-0.3, -0.25) is 9.89 Å². The summed E-state index contributed by atoms with van der Waals surface area (Å²) >= 11 is 0. The molecule has 0 bridgehead atoms. The van der Waals surface area contributed by atoms with Gasteiger partial charge in [0, 0.05) is 39.8 Å². The molecule has 1 saturated heterocycles. The molecule has 5 heteroatoms. The van der Waals surface area contributed by atoms with Crippen molar-refractivity contribution in [2.24, 2.45) is 4.99 Å². The fourth-order valence-corrected chi connectivity index (χ4v) is 4.20. The Labute approximate surface area is 174 Å². The van der Waals surface area contributed by atoms with Crippen molar-refractivity contribution in [3.63, 3.8) is 0 Å². The van der Waals surface area contributed by atoms with Crippen molar-refractivity contribution < 1.29 is 4.74 Å². The Morgan fingerprint density at radius 2 is 1.72 bits per heavy atom. The van der Waals surface area contributed by atoms with Crippen LogP contribution in [0.2, 0.25) is 0 Å². The Balaban J connectivity index is 1.31. The first-order valence-corrected chi connectivity index (χ1v) is 10.7. The maximum Gasteiger partial charge on any atom is 0.191 e. The summed E-state index contributed by atoms with van der Waals surface area (Å²) < 4.78 is 5.47. The molecule has 1 aliphatic heterocycles. The molecule has 0 amide bonds. The van der Waals surface area contributed by atoms with E-state index in [0.717, 1.165) is 51.9 Å². The quantitative estimate of drug-likeness (QED) is 0.586. The number of ether oxygens (including phenoxy) is 1. The molecule has 1 fully saturated rings. The third-order valence-electron chi connectivity index (χ3n) is 5.91. The van der Waals surface area contributed by atoms with Crippen molar-refractivity contribution in [2.75, 3.05) is 33.4 Å². The molecule has 0 spiro atoms. The second kappa shape index (κ2) is 9.90. The van der Waals surface area contributed by atoms with E-state index in [1.54, 1.807) is 0 Å². The maximum atomic E-state index is 5.47. The van der Waals surface area contributed by atoms with Gasteiger partial charge in [0.2, 0.25) is 0 Å². The van der Waals surface area contributed by atoms with Crippen molar-refractivity contribution in [3.05, 3.63) is 70.3 Å². The van der Waals surface area contributed by atoms with Gasteiger partial charge in [-0.15, -0.1) is 0 Å². The van der Waals surface area contributed by atoms with Crippen molar-refractivity contribution in [1.29, 1.82) is 0 Å². The summed E-state index contributed by atoms with van der Waals surface area (Å²) in [4.78, 5) is 6.87. The monoisotopic (exact) mass is 392 g/mol. The Morgan fingerprint density at radius 1 is 0.966 bits per heavy atom. The van der Waals surface area contributed by atoms with Gasteiger partial charge in [0.25, 0.3) is 0 Å². The topological polar surface area (TPSA) is 48.9 Å². The molecule has 2 aromatic carbocycles. The highest BCUT2D eigenvalue weighted by Gasteiger charge is 2.13. The molecule has 0 aromatic heterocycles. The van der Waals surface area contributed by atoms with Crippen LogP contribution in [0.4, 0.5) is 0 Å². The Kier molecular flexibility index (Phi) is 6.80. The molecule has 2 N–H and O–H groups in total. The van der Waals surface area contributed by atoms with Gasteiger partial charge in [0.05, 0.1) is 13.2 Å². The average Bonchev–Trinajstić information content (AvgIpc) is 3.23.